The van der Waals surface area contributed by atoms with Crippen LogP contribution in [0.15, 0.2) is 24.4 Å². The lowest BCUT2D eigenvalue weighted by atomic mass is 10.0. The standard InChI is InChI=1S/C19H27N5O/c1-4-11-24-17-9-13-23(12-8-15-7-5-6-10-20-15)14-16(17)18(21-24)19(25)22(2)3/h5-7,10H,4,8-9,11-14H2,1-3H3. The van der Waals surface area contributed by atoms with Crippen LogP contribution in [0, 0.1) is 0 Å². The van der Waals surface area contributed by atoms with Crippen molar-refractivity contribution in [3.05, 3.63) is 47.0 Å². The second-order valence-corrected chi connectivity index (χ2v) is 6.79. The number of carbonyl (C=O) groups is 1. The summed E-state index contributed by atoms with van der Waals surface area (Å²) >= 11 is 0. The van der Waals surface area contributed by atoms with Crippen molar-refractivity contribution in [3.63, 3.8) is 0 Å². The van der Waals surface area contributed by atoms with Crippen molar-refractivity contribution in [2.75, 3.05) is 27.2 Å². The molecule has 0 aliphatic carbocycles. The molecule has 0 radical (unpaired) electrons. The first kappa shape index (κ1) is 17.6. The molecular formula is C19H27N5O. The molecule has 134 valence electrons. The summed E-state index contributed by atoms with van der Waals surface area (Å²) in [6, 6.07) is 6.03. The molecule has 0 saturated carbocycles. The maximum Gasteiger partial charge on any atom is 0.274 e. The number of aryl methyl sites for hydroxylation is 1. The zero-order valence-corrected chi connectivity index (χ0v) is 15.4. The molecule has 2 aromatic rings. The van der Waals surface area contributed by atoms with Crippen LogP contribution in [0.4, 0.5) is 0 Å². The predicted molar refractivity (Wildman–Crippen MR) is 97.5 cm³/mol. The second-order valence-electron chi connectivity index (χ2n) is 6.79. The molecule has 3 heterocycles. The Morgan fingerprint density at radius 2 is 2.12 bits per heavy atom. The summed E-state index contributed by atoms with van der Waals surface area (Å²) in [4.78, 5) is 21.0. The molecular weight excluding hydrogens is 314 g/mol. The van der Waals surface area contributed by atoms with Crippen LogP contribution in [-0.4, -0.2) is 57.7 Å². The molecule has 3 rings (SSSR count). The van der Waals surface area contributed by atoms with Crippen LogP contribution in [0.3, 0.4) is 0 Å². The van der Waals surface area contributed by atoms with Crippen LogP contribution in [0.2, 0.25) is 0 Å². The van der Waals surface area contributed by atoms with E-state index in [1.54, 1.807) is 19.0 Å². The highest BCUT2D eigenvalue weighted by molar-refractivity contribution is 5.93. The molecule has 0 atom stereocenters. The molecule has 0 spiro atoms. The van der Waals surface area contributed by atoms with Crippen LogP contribution < -0.4 is 0 Å². The summed E-state index contributed by atoms with van der Waals surface area (Å²) in [5.74, 6) is -0.00215. The summed E-state index contributed by atoms with van der Waals surface area (Å²) < 4.78 is 2.04. The van der Waals surface area contributed by atoms with Crippen molar-refractivity contribution in [1.29, 1.82) is 0 Å². The van der Waals surface area contributed by atoms with Crippen molar-refractivity contribution in [1.82, 2.24) is 24.6 Å². The fourth-order valence-electron chi connectivity index (χ4n) is 3.34. The van der Waals surface area contributed by atoms with Gasteiger partial charge in [0.05, 0.1) is 0 Å². The molecule has 2 aromatic heterocycles. The lowest BCUT2D eigenvalue weighted by Gasteiger charge is -2.27. The van der Waals surface area contributed by atoms with Gasteiger partial charge in [-0.05, 0) is 18.6 Å². The molecule has 1 aliphatic rings. The van der Waals surface area contributed by atoms with E-state index in [9.17, 15) is 4.79 Å². The minimum Gasteiger partial charge on any atom is -0.343 e. The number of rotatable bonds is 6. The highest BCUT2D eigenvalue weighted by Gasteiger charge is 2.28. The first-order valence-electron chi connectivity index (χ1n) is 9.02. The van der Waals surface area contributed by atoms with Gasteiger partial charge in [-0.25, -0.2) is 0 Å². The number of fused-ring (bicyclic) bond motifs is 1. The van der Waals surface area contributed by atoms with Crippen molar-refractivity contribution < 1.29 is 4.79 Å². The van der Waals surface area contributed by atoms with E-state index >= 15 is 0 Å². The van der Waals surface area contributed by atoms with Gasteiger partial charge in [-0.2, -0.15) is 5.10 Å². The van der Waals surface area contributed by atoms with Crippen molar-refractivity contribution in [3.8, 4) is 0 Å². The van der Waals surface area contributed by atoms with Gasteiger partial charge in [-0.1, -0.05) is 13.0 Å². The third-order valence-corrected chi connectivity index (χ3v) is 4.67. The Hall–Kier alpha value is -2.21. The van der Waals surface area contributed by atoms with Gasteiger partial charge in [0.2, 0.25) is 0 Å². The highest BCUT2D eigenvalue weighted by Crippen LogP contribution is 2.24. The Labute approximate surface area is 149 Å². The van der Waals surface area contributed by atoms with Gasteiger partial charge >= 0.3 is 0 Å². The van der Waals surface area contributed by atoms with Gasteiger partial charge < -0.3 is 4.90 Å². The third-order valence-electron chi connectivity index (χ3n) is 4.67. The van der Waals surface area contributed by atoms with E-state index < -0.39 is 0 Å². The monoisotopic (exact) mass is 341 g/mol. The van der Waals surface area contributed by atoms with Gasteiger partial charge in [-0.15, -0.1) is 0 Å². The maximum absolute atomic E-state index is 12.5. The second kappa shape index (κ2) is 7.78. The highest BCUT2D eigenvalue weighted by atomic mass is 16.2. The third kappa shape index (κ3) is 3.90. The molecule has 6 nitrogen and oxygen atoms in total. The Bertz CT molecular complexity index is 723. The Morgan fingerprint density at radius 1 is 1.28 bits per heavy atom. The lowest BCUT2D eigenvalue weighted by Crippen LogP contribution is -2.34. The number of amides is 1. The molecule has 0 fully saturated rings. The van der Waals surface area contributed by atoms with Crippen molar-refractivity contribution >= 4 is 5.91 Å². The maximum atomic E-state index is 12.5. The minimum absolute atomic E-state index is 0.00215. The number of hydrogen-bond acceptors (Lipinski definition) is 4. The molecule has 0 saturated heterocycles. The summed E-state index contributed by atoms with van der Waals surface area (Å²) in [5.41, 5.74) is 4.08. The number of aromatic nitrogens is 3. The molecule has 6 heteroatoms. The normalized spacial score (nSPS) is 14.4. The van der Waals surface area contributed by atoms with Gasteiger partial charge in [0, 0.05) is 76.3 Å². The number of carbonyl (C=O) groups excluding carboxylic acids is 1. The summed E-state index contributed by atoms with van der Waals surface area (Å²) in [6.07, 6.45) is 4.74. The molecule has 0 N–H and O–H groups in total. The van der Waals surface area contributed by atoms with E-state index in [-0.39, 0.29) is 5.91 Å². The van der Waals surface area contributed by atoms with Crippen LogP contribution in [-0.2, 0) is 25.9 Å². The van der Waals surface area contributed by atoms with Crippen LogP contribution >= 0.6 is 0 Å². The number of nitrogens with zero attached hydrogens (tertiary/aromatic N) is 5. The van der Waals surface area contributed by atoms with Crippen LogP contribution in [0.1, 0.15) is 40.8 Å². The smallest absolute Gasteiger partial charge is 0.274 e. The fraction of sp³-hybridized carbons (Fsp3) is 0.526. The molecule has 0 bridgehead atoms. The average Bonchev–Trinajstić information content (AvgIpc) is 2.98. The van der Waals surface area contributed by atoms with Gasteiger partial charge in [-0.3, -0.25) is 19.4 Å². The van der Waals surface area contributed by atoms with Crippen molar-refractivity contribution in [2.45, 2.75) is 39.3 Å². The molecule has 0 unspecified atom stereocenters. The number of hydrogen-bond donors (Lipinski definition) is 0. The SMILES string of the molecule is CCCn1nc(C(=O)N(C)C)c2c1CCN(CCc1ccccn1)C2. The topological polar surface area (TPSA) is 54.3 Å². The largest absolute Gasteiger partial charge is 0.343 e. The van der Waals surface area contributed by atoms with Crippen LogP contribution in [0.25, 0.3) is 0 Å². The van der Waals surface area contributed by atoms with Gasteiger partial charge in [0.25, 0.3) is 5.91 Å². The van der Waals surface area contributed by atoms with E-state index in [1.807, 2.05) is 23.0 Å². The zero-order chi connectivity index (χ0) is 17.8. The van der Waals surface area contributed by atoms with Gasteiger partial charge in [0.1, 0.15) is 0 Å². The predicted octanol–water partition coefficient (Wildman–Crippen LogP) is 1.99. The first-order valence-corrected chi connectivity index (χ1v) is 9.02. The van der Waals surface area contributed by atoms with E-state index in [2.05, 4.69) is 28.0 Å². The van der Waals surface area contributed by atoms with E-state index in [0.29, 0.717) is 5.69 Å². The van der Waals surface area contributed by atoms with Crippen molar-refractivity contribution in [2.24, 2.45) is 0 Å². The van der Waals surface area contributed by atoms with E-state index in [1.165, 1.54) is 5.69 Å². The summed E-state index contributed by atoms with van der Waals surface area (Å²) in [6.45, 7) is 5.76. The Morgan fingerprint density at radius 3 is 2.80 bits per heavy atom. The minimum atomic E-state index is -0.00215. The van der Waals surface area contributed by atoms with Crippen LogP contribution in [0.5, 0.6) is 0 Å². The van der Waals surface area contributed by atoms with E-state index in [4.69, 9.17) is 0 Å². The quantitative estimate of drug-likeness (QED) is 0.806. The summed E-state index contributed by atoms with van der Waals surface area (Å²) in [7, 11) is 3.57. The Kier molecular flexibility index (Phi) is 5.48. The molecule has 1 amide bonds. The average molecular weight is 341 g/mol. The summed E-state index contributed by atoms with van der Waals surface area (Å²) in [5, 5.41) is 4.64. The van der Waals surface area contributed by atoms with E-state index in [0.717, 1.165) is 56.7 Å². The fourth-order valence-corrected chi connectivity index (χ4v) is 3.34. The molecule has 0 aromatic carbocycles. The lowest BCUT2D eigenvalue weighted by molar-refractivity contribution is 0.0818. The first-order chi connectivity index (χ1) is 12.1. The Balaban J connectivity index is 1.77. The molecule has 1 aliphatic heterocycles. The zero-order valence-electron chi connectivity index (χ0n) is 15.4. The van der Waals surface area contributed by atoms with Gasteiger partial charge in [0.15, 0.2) is 5.69 Å². The number of pyridine rings is 1. The molecule has 25 heavy (non-hydrogen) atoms.